The van der Waals surface area contributed by atoms with Crippen molar-refractivity contribution in [3.05, 3.63) is 37.3 Å². The summed E-state index contributed by atoms with van der Waals surface area (Å²) < 4.78 is 6.02. The Morgan fingerprint density at radius 1 is 1.50 bits per heavy atom. The number of ether oxygens (including phenoxy) is 1. The van der Waals surface area contributed by atoms with E-state index in [4.69, 9.17) is 4.74 Å². The molecule has 0 saturated carbocycles. The molecule has 2 rings (SSSR count). The molecule has 1 amide bonds. The molecule has 7 heteroatoms. The second-order valence-corrected chi connectivity index (χ2v) is 6.82. The number of hydrogen-bond donors (Lipinski definition) is 2. The number of H-pyrrole nitrogens is 1. The van der Waals surface area contributed by atoms with E-state index in [9.17, 15) is 9.59 Å². The topological polar surface area (TPSA) is 71.2 Å². The van der Waals surface area contributed by atoms with E-state index in [1.165, 1.54) is 11.3 Å². The van der Waals surface area contributed by atoms with Gasteiger partial charge in [0.25, 0.3) is 5.91 Å². The van der Waals surface area contributed by atoms with Gasteiger partial charge in [-0.15, -0.1) is 11.3 Å². The van der Waals surface area contributed by atoms with E-state index in [0.29, 0.717) is 29.1 Å². The molecule has 0 aliphatic rings. The first-order valence-electron chi connectivity index (χ1n) is 5.93. The van der Waals surface area contributed by atoms with Crippen LogP contribution in [0.3, 0.4) is 0 Å². The smallest absolute Gasteiger partial charge is 0.342 e. The number of carbonyl (C=O) groups is 2. The van der Waals surface area contributed by atoms with E-state index in [-0.39, 0.29) is 5.91 Å². The van der Waals surface area contributed by atoms with Crippen LogP contribution in [0, 0.1) is 9.81 Å². The predicted molar refractivity (Wildman–Crippen MR) is 86.5 cm³/mol. The van der Waals surface area contributed by atoms with Gasteiger partial charge in [-0.2, -0.15) is 0 Å². The molecule has 0 aliphatic heterocycles. The summed E-state index contributed by atoms with van der Waals surface area (Å²) >= 11 is 3.65. The Balaban J connectivity index is 2.22. The van der Waals surface area contributed by atoms with Gasteiger partial charge in [0.1, 0.15) is 5.56 Å². The van der Waals surface area contributed by atoms with Crippen LogP contribution in [0.5, 0.6) is 0 Å². The number of thiophene rings is 1. The van der Waals surface area contributed by atoms with Gasteiger partial charge in [0.2, 0.25) is 0 Å². The van der Waals surface area contributed by atoms with Crippen molar-refractivity contribution >= 4 is 51.5 Å². The van der Waals surface area contributed by atoms with Gasteiger partial charge in [0.15, 0.2) is 0 Å². The summed E-state index contributed by atoms with van der Waals surface area (Å²) in [6, 6.07) is 1.80. The predicted octanol–water partition coefficient (Wildman–Crippen LogP) is 3.42. The highest BCUT2D eigenvalue weighted by Crippen LogP contribution is 2.22. The van der Waals surface area contributed by atoms with Gasteiger partial charge < -0.3 is 15.0 Å². The molecule has 2 N–H and O–H groups in total. The molecule has 0 bridgehead atoms. The number of carbonyl (C=O) groups excluding carboxylic acids is 2. The van der Waals surface area contributed by atoms with Crippen molar-refractivity contribution in [1.82, 2.24) is 4.98 Å². The van der Waals surface area contributed by atoms with Crippen molar-refractivity contribution in [2.75, 3.05) is 11.9 Å². The van der Waals surface area contributed by atoms with Gasteiger partial charge in [-0.05, 0) is 42.5 Å². The van der Waals surface area contributed by atoms with Crippen molar-refractivity contribution in [2.24, 2.45) is 0 Å². The summed E-state index contributed by atoms with van der Waals surface area (Å²) in [6.07, 6.45) is 1.59. The Bertz CT molecular complexity index is 648. The maximum absolute atomic E-state index is 12.1. The van der Waals surface area contributed by atoms with E-state index in [1.807, 2.05) is 0 Å². The normalized spacial score (nSPS) is 10.3. The Labute approximate surface area is 133 Å². The molecule has 20 heavy (non-hydrogen) atoms. The molecule has 2 heterocycles. The van der Waals surface area contributed by atoms with E-state index in [1.54, 1.807) is 31.5 Å². The van der Waals surface area contributed by atoms with Crippen LogP contribution >= 0.6 is 33.9 Å². The van der Waals surface area contributed by atoms with Crippen LogP contribution in [-0.4, -0.2) is 23.5 Å². The number of aromatic amines is 1. The van der Waals surface area contributed by atoms with Gasteiger partial charge in [0, 0.05) is 17.3 Å². The SMILES string of the molecule is CCOC(=O)c1c(NC(=O)c2csc(I)c2)c[nH]c1C. The van der Waals surface area contributed by atoms with Crippen LogP contribution in [0.1, 0.15) is 33.3 Å². The number of halogens is 1. The molecule has 0 fully saturated rings. The molecular weight excluding hydrogens is 391 g/mol. The van der Waals surface area contributed by atoms with Crippen LogP contribution in [0.15, 0.2) is 17.6 Å². The van der Waals surface area contributed by atoms with E-state index in [0.717, 1.165) is 2.88 Å². The fraction of sp³-hybridized carbons (Fsp3) is 0.231. The molecule has 0 atom stereocenters. The molecule has 5 nitrogen and oxygen atoms in total. The summed E-state index contributed by atoms with van der Waals surface area (Å²) in [7, 11) is 0. The van der Waals surface area contributed by atoms with E-state index in [2.05, 4.69) is 32.9 Å². The van der Waals surface area contributed by atoms with Crippen molar-refractivity contribution in [1.29, 1.82) is 0 Å². The van der Waals surface area contributed by atoms with Crippen molar-refractivity contribution < 1.29 is 14.3 Å². The van der Waals surface area contributed by atoms with Crippen LogP contribution in [0.4, 0.5) is 5.69 Å². The number of nitrogens with one attached hydrogen (secondary N) is 2. The van der Waals surface area contributed by atoms with Gasteiger partial charge in [0.05, 0.1) is 20.7 Å². The Morgan fingerprint density at radius 2 is 2.25 bits per heavy atom. The number of amides is 1. The average Bonchev–Trinajstić information content (AvgIpc) is 2.96. The largest absolute Gasteiger partial charge is 0.462 e. The van der Waals surface area contributed by atoms with Crippen molar-refractivity contribution in [2.45, 2.75) is 13.8 Å². The van der Waals surface area contributed by atoms with Gasteiger partial charge in [-0.3, -0.25) is 4.79 Å². The number of hydrogen-bond acceptors (Lipinski definition) is 4. The van der Waals surface area contributed by atoms with Gasteiger partial charge in [-0.1, -0.05) is 0 Å². The molecule has 0 saturated heterocycles. The minimum Gasteiger partial charge on any atom is -0.462 e. The maximum atomic E-state index is 12.1. The van der Waals surface area contributed by atoms with Crippen molar-refractivity contribution in [3.63, 3.8) is 0 Å². The zero-order valence-corrected chi connectivity index (χ0v) is 13.9. The van der Waals surface area contributed by atoms with E-state index < -0.39 is 5.97 Å². The highest BCUT2D eigenvalue weighted by molar-refractivity contribution is 14.1. The first-order chi connectivity index (χ1) is 9.52. The summed E-state index contributed by atoms with van der Waals surface area (Å²) in [5, 5.41) is 4.51. The molecule has 0 aliphatic carbocycles. The summed E-state index contributed by atoms with van der Waals surface area (Å²) in [6.45, 7) is 3.79. The quantitative estimate of drug-likeness (QED) is 0.606. The standard InChI is InChI=1S/C13H13IN2O3S/c1-3-19-13(18)11-7(2)15-5-9(11)16-12(17)8-4-10(14)20-6-8/h4-6,15H,3H2,1-2H3,(H,16,17). The molecular formula is C13H13IN2O3S. The van der Waals surface area contributed by atoms with Gasteiger partial charge in [-0.25, -0.2) is 4.79 Å². The van der Waals surface area contributed by atoms with Crippen LogP contribution in [0.25, 0.3) is 0 Å². The first-order valence-corrected chi connectivity index (χ1v) is 7.89. The molecule has 0 aromatic carbocycles. The summed E-state index contributed by atoms with van der Waals surface area (Å²) in [5.41, 5.74) is 2.05. The summed E-state index contributed by atoms with van der Waals surface area (Å²) in [4.78, 5) is 26.9. The zero-order chi connectivity index (χ0) is 14.7. The fourth-order valence-electron chi connectivity index (χ4n) is 1.72. The number of rotatable bonds is 4. The third-order valence-corrected chi connectivity index (χ3v) is 4.42. The van der Waals surface area contributed by atoms with Crippen molar-refractivity contribution in [3.8, 4) is 0 Å². The first kappa shape index (κ1) is 15.0. The lowest BCUT2D eigenvalue weighted by molar-refractivity contribution is 0.0527. The lowest BCUT2D eigenvalue weighted by Gasteiger charge is -2.06. The lowest BCUT2D eigenvalue weighted by Crippen LogP contribution is -2.14. The minimum atomic E-state index is -0.443. The molecule has 106 valence electrons. The number of anilines is 1. The molecule has 0 radical (unpaired) electrons. The maximum Gasteiger partial charge on any atom is 0.342 e. The molecule has 2 aromatic rings. The van der Waals surface area contributed by atoms with Crippen LogP contribution in [-0.2, 0) is 4.74 Å². The van der Waals surface area contributed by atoms with Gasteiger partial charge >= 0.3 is 5.97 Å². The average molecular weight is 404 g/mol. The third kappa shape index (κ3) is 3.21. The minimum absolute atomic E-state index is 0.242. The highest BCUT2D eigenvalue weighted by Gasteiger charge is 2.19. The third-order valence-electron chi connectivity index (χ3n) is 2.63. The Hall–Kier alpha value is -1.35. The molecule has 0 unspecified atom stereocenters. The lowest BCUT2D eigenvalue weighted by atomic mass is 10.2. The van der Waals surface area contributed by atoms with Crippen LogP contribution < -0.4 is 5.32 Å². The Morgan fingerprint density at radius 3 is 2.85 bits per heavy atom. The molecule has 0 spiro atoms. The van der Waals surface area contributed by atoms with Crippen LogP contribution in [0.2, 0.25) is 0 Å². The number of esters is 1. The van der Waals surface area contributed by atoms with E-state index >= 15 is 0 Å². The second-order valence-electron chi connectivity index (χ2n) is 4.02. The molecule has 2 aromatic heterocycles. The summed E-state index contributed by atoms with van der Waals surface area (Å²) in [5.74, 6) is -0.685. The number of aromatic nitrogens is 1. The highest BCUT2D eigenvalue weighted by atomic mass is 127. The zero-order valence-electron chi connectivity index (χ0n) is 11.0. The number of aryl methyl sites for hydroxylation is 1. The fourth-order valence-corrected chi connectivity index (χ4v) is 3.04. The monoisotopic (exact) mass is 404 g/mol. The second kappa shape index (κ2) is 6.40. The Kier molecular flexibility index (Phi) is 4.81.